The first-order valence-corrected chi connectivity index (χ1v) is 7.85. The fourth-order valence-electron chi connectivity index (χ4n) is 3.44. The third kappa shape index (κ3) is 3.15. The predicted octanol–water partition coefficient (Wildman–Crippen LogP) is 2.88. The Morgan fingerprint density at radius 1 is 1.25 bits per heavy atom. The van der Waals surface area contributed by atoms with Crippen LogP contribution in [-0.4, -0.2) is 32.9 Å². The minimum atomic E-state index is 0.619. The molecule has 0 radical (unpaired) electrons. The highest BCUT2D eigenvalue weighted by Gasteiger charge is 2.20. The summed E-state index contributed by atoms with van der Waals surface area (Å²) in [5, 5.41) is 3.58. The van der Waals surface area contributed by atoms with Gasteiger partial charge in [-0.1, -0.05) is 12.1 Å². The average molecular weight is 275 g/mol. The second-order valence-electron chi connectivity index (χ2n) is 5.96. The van der Waals surface area contributed by atoms with Gasteiger partial charge in [0.2, 0.25) is 0 Å². The molecule has 1 N–H and O–H groups in total. The Bertz CT molecular complexity index is 435. The van der Waals surface area contributed by atoms with Crippen molar-refractivity contribution in [2.75, 3.05) is 26.9 Å². The Kier molecular flexibility index (Phi) is 4.58. The van der Waals surface area contributed by atoms with Gasteiger partial charge >= 0.3 is 0 Å². The number of hydrogen-bond acceptors (Lipinski definition) is 3. The third-order valence-corrected chi connectivity index (χ3v) is 4.63. The molecule has 3 rings (SSSR count). The standard InChI is InChI=1S/C17H25NO2/c1-19-17-5-4-14(13-6-9-20-10-7-13)11-15(17)12-16-3-2-8-18-16/h4-5,11,13,16,18H,2-3,6-10,12H2,1H3. The molecule has 110 valence electrons. The van der Waals surface area contributed by atoms with E-state index < -0.39 is 0 Å². The van der Waals surface area contributed by atoms with Gasteiger partial charge in [0, 0.05) is 19.3 Å². The summed E-state index contributed by atoms with van der Waals surface area (Å²) in [6, 6.07) is 7.37. The van der Waals surface area contributed by atoms with Gasteiger partial charge in [-0.2, -0.15) is 0 Å². The van der Waals surface area contributed by atoms with Crippen molar-refractivity contribution >= 4 is 0 Å². The van der Waals surface area contributed by atoms with Crippen molar-refractivity contribution in [3.63, 3.8) is 0 Å². The maximum atomic E-state index is 5.55. The molecule has 0 amide bonds. The van der Waals surface area contributed by atoms with Gasteiger partial charge in [0.25, 0.3) is 0 Å². The van der Waals surface area contributed by atoms with Crippen LogP contribution in [-0.2, 0) is 11.2 Å². The molecule has 0 aromatic heterocycles. The van der Waals surface area contributed by atoms with Gasteiger partial charge in [-0.15, -0.1) is 0 Å². The molecular formula is C17H25NO2. The van der Waals surface area contributed by atoms with Crippen LogP contribution < -0.4 is 10.1 Å². The van der Waals surface area contributed by atoms with Crippen LogP contribution >= 0.6 is 0 Å². The Labute approximate surface area is 121 Å². The van der Waals surface area contributed by atoms with Crippen LogP contribution in [0.2, 0.25) is 0 Å². The fourth-order valence-corrected chi connectivity index (χ4v) is 3.44. The molecule has 20 heavy (non-hydrogen) atoms. The SMILES string of the molecule is COc1ccc(C2CCOCC2)cc1CC1CCCN1. The fraction of sp³-hybridized carbons (Fsp3) is 0.647. The third-order valence-electron chi connectivity index (χ3n) is 4.63. The van der Waals surface area contributed by atoms with Crippen LogP contribution in [0.1, 0.15) is 42.7 Å². The second kappa shape index (κ2) is 6.59. The second-order valence-corrected chi connectivity index (χ2v) is 5.96. The lowest BCUT2D eigenvalue weighted by molar-refractivity contribution is 0.0853. The largest absolute Gasteiger partial charge is 0.496 e. The maximum Gasteiger partial charge on any atom is 0.122 e. The van der Waals surface area contributed by atoms with Crippen LogP contribution in [0.3, 0.4) is 0 Å². The molecule has 0 aliphatic carbocycles. The molecule has 0 bridgehead atoms. The quantitative estimate of drug-likeness (QED) is 0.916. The molecular weight excluding hydrogens is 250 g/mol. The van der Waals surface area contributed by atoms with Crippen molar-refractivity contribution < 1.29 is 9.47 Å². The summed E-state index contributed by atoms with van der Waals surface area (Å²) in [5.41, 5.74) is 2.82. The topological polar surface area (TPSA) is 30.5 Å². The van der Waals surface area contributed by atoms with Gasteiger partial charge < -0.3 is 14.8 Å². The molecule has 1 aromatic carbocycles. The molecule has 1 atom stereocenters. The summed E-state index contributed by atoms with van der Waals surface area (Å²) < 4.78 is 11.0. The van der Waals surface area contributed by atoms with Crippen molar-refractivity contribution in [3.8, 4) is 5.75 Å². The van der Waals surface area contributed by atoms with Crippen molar-refractivity contribution in [2.45, 2.75) is 44.1 Å². The molecule has 2 heterocycles. The lowest BCUT2D eigenvalue weighted by Crippen LogP contribution is -2.24. The van der Waals surface area contributed by atoms with Crippen molar-refractivity contribution in [3.05, 3.63) is 29.3 Å². The summed E-state index contributed by atoms with van der Waals surface area (Å²) >= 11 is 0. The Morgan fingerprint density at radius 3 is 2.80 bits per heavy atom. The van der Waals surface area contributed by atoms with Crippen LogP contribution in [0.15, 0.2) is 18.2 Å². The minimum Gasteiger partial charge on any atom is -0.496 e. The summed E-state index contributed by atoms with van der Waals surface area (Å²) in [4.78, 5) is 0. The number of benzene rings is 1. The zero-order chi connectivity index (χ0) is 13.8. The molecule has 2 aliphatic rings. The number of ether oxygens (including phenoxy) is 2. The minimum absolute atomic E-state index is 0.619. The van der Waals surface area contributed by atoms with Crippen molar-refractivity contribution in [1.29, 1.82) is 0 Å². The van der Waals surface area contributed by atoms with Gasteiger partial charge in [-0.05, 0) is 61.8 Å². The monoisotopic (exact) mass is 275 g/mol. The van der Waals surface area contributed by atoms with E-state index in [4.69, 9.17) is 9.47 Å². The normalized spacial score (nSPS) is 23.9. The van der Waals surface area contributed by atoms with E-state index in [1.165, 1.54) is 24.0 Å². The van der Waals surface area contributed by atoms with E-state index in [9.17, 15) is 0 Å². The molecule has 2 saturated heterocycles. The number of methoxy groups -OCH3 is 1. The van der Waals surface area contributed by atoms with Gasteiger partial charge in [0.1, 0.15) is 5.75 Å². The van der Waals surface area contributed by atoms with Gasteiger partial charge in [0.05, 0.1) is 7.11 Å². The summed E-state index contributed by atoms with van der Waals surface area (Å²) in [6.07, 6.45) is 5.96. The summed E-state index contributed by atoms with van der Waals surface area (Å²) in [5.74, 6) is 1.69. The van der Waals surface area contributed by atoms with Gasteiger partial charge in [-0.3, -0.25) is 0 Å². The molecule has 2 fully saturated rings. The maximum absolute atomic E-state index is 5.55. The van der Waals surface area contributed by atoms with E-state index in [-0.39, 0.29) is 0 Å². The molecule has 0 spiro atoms. The molecule has 3 nitrogen and oxygen atoms in total. The van der Waals surface area contributed by atoms with E-state index in [1.54, 1.807) is 7.11 Å². The molecule has 1 aromatic rings. The highest BCUT2D eigenvalue weighted by molar-refractivity contribution is 5.39. The Morgan fingerprint density at radius 2 is 2.10 bits per heavy atom. The summed E-state index contributed by atoms with van der Waals surface area (Å²) in [6.45, 7) is 2.96. The summed E-state index contributed by atoms with van der Waals surface area (Å²) in [7, 11) is 1.77. The van der Waals surface area contributed by atoms with Crippen LogP contribution in [0, 0.1) is 0 Å². The van der Waals surface area contributed by atoms with E-state index in [0.717, 1.165) is 44.8 Å². The average Bonchev–Trinajstić information content (AvgIpc) is 3.01. The van der Waals surface area contributed by atoms with E-state index in [0.29, 0.717) is 12.0 Å². The number of hydrogen-bond donors (Lipinski definition) is 1. The van der Waals surface area contributed by atoms with Crippen LogP contribution in [0.4, 0.5) is 0 Å². The Hall–Kier alpha value is -1.06. The molecule has 2 aliphatic heterocycles. The highest BCUT2D eigenvalue weighted by atomic mass is 16.5. The van der Waals surface area contributed by atoms with Gasteiger partial charge in [-0.25, -0.2) is 0 Å². The van der Waals surface area contributed by atoms with Gasteiger partial charge in [0.15, 0.2) is 0 Å². The first-order valence-electron chi connectivity index (χ1n) is 7.85. The number of nitrogens with one attached hydrogen (secondary N) is 1. The number of rotatable bonds is 4. The highest BCUT2D eigenvalue weighted by Crippen LogP contribution is 2.31. The molecule has 3 heteroatoms. The predicted molar refractivity (Wildman–Crippen MR) is 80.5 cm³/mol. The zero-order valence-corrected chi connectivity index (χ0v) is 12.4. The molecule has 1 unspecified atom stereocenters. The zero-order valence-electron chi connectivity index (χ0n) is 12.4. The molecule has 0 saturated carbocycles. The Balaban J connectivity index is 1.78. The lowest BCUT2D eigenvalue weighted by Gasteiger charge is -2.24. The first kappa shape index (κ1) is 13.9. The van der Waals surface area contributed by atoms with E-state index >= 15 is 0 Å². The van der Waals surface area contributed by atoms with E-state index in [1.807, 2.05) is 0 Å². The van der Waals surface area contributed by atoms with Crippen LogP contribution in [0.5, 0.6) is 5.75 Å². The van der Waals surface area contributed by atoms with Crippen molar-refractivity contribution in [2.24, 2.45) is 0 Å². The van der Waals surface area contributed by atoms with Crippen LogP contribution in [0.25, 0.3) is 0 Å². The van der Waals surface area contributed by atoms with Crippen molar-refractivity contribution in [1.82, 2.24) is 5.32 Å². The smallest absolute Gasteiger partial charge is 0.122 e. The van der Waals surface area contributed by atoms with E-state index in [2.05, 4.69) is 23.5 Å². The first-order chi connectivity index (χ1) is 9.86. The lowest BCUT2D eigenvalue weighted by atomic mass is 9.89.